The van der Waals surface area contributed by atoms with Crippen LogP contribution in [-0.2, 0) is 10.0 Å². The van der Waals surface area contributed by atoms with Crippen molar-refractivity contribution < 1.29 is 13.2 Å². The highest BCUT2D eigenvalue weighted by atomic mass is 35.5. The molecule has 0 aliphatic carbocycles. The number of halogens is 1. The average molecular weight is 314 g/mol. The van der Waals surface area contributed by atoms with Gasteiger partial charge in [-0.25, -0.2) is 23.1 Å². The first kappa shape index (κ1) is 14.5. The third-order valence-corrected chi connectivity index (χ3v) is 3.96. The SMILES string of the molecule is COc1ccc(S(=O)(=O)Nc2nc(C)cc(Cl)n2)cc1. The van der Waals surface area contributed by atoms with Gasteiger partial charge in [-0.3, -0.25) is 0 Å². The Labute approximate surface area is 121 Å². The first-order valence-electron chi connectivity index (χ1n) is 5.59. The monoisotopic (exact) mass is 313 g/mol. The topological polar surface area (TPSA) is 81.2 Å². The van der Waals surface area contributed by atoms with Crippen LogP contribution in [-0.4, -0.2) is 25.5 Å². The second-order valence-electron chi connectivity index (χ2n) is 3.94. The van der Waals surface area contributed by atoms with E-state index in [1.165, 1.54) is 25.3 Å². The lowest BCUT2D eigenvalue weighted by atomic mass is 10.3. The molecule has 0 atom stereocenters. The number of nitrogens with one attached hydrogen (secondary N) is 1. The summed E-state index contributed by atoms with van der Waals surface area (Å²) in [4.78, 5) is 7.87. The summed E-state index contributed by atoms with van der Waals surface area (Å²) in [5, 5.41) is 0.171. The Hall–Kier alpha value is -1.86. The van der Waals surface area contributed by atoms with Crippen LogP contribution >= 0.6 is 11.6 Å². The Morgan fingerprint density at radius 1 is 1.20 bits per heavy atom. The number of anilines is 1. The number of hydrogen-bond donors (Lipinski definition) is 1. The molecule has 0 fully saturated rings. The van der Waals surface area contributed by atoms with E-state index in [1.54, 1.807) is 19.1 Å². The predicted octanol–water partition coefficient (Wildman–Crippen LogP) is 2.25. The summed E-state index contributed by atoms with van der Waals surface area (Å²) in [6, 6.07) is 7.50. The zero-order valence-corrected chi connectivity index (χ0v) is 12.4. The van der Waals surface area contributed by atoms with E-state index in [2.05, 4.69) is 14.7 Å². The van der Waals surface area contributed by atoms with Gasteiger partial charge in [0.05, 0.1) is 12.0 Å². The van der Waals surface area contributed by atoms with Crippen LogP contribution in [0.1, 0.15) is 5.69 Å². The minimum absolute atomic E-state index is 0.0641. The van der Waals surface area contributed by atoms with Crippen molar-refractivity contribution in [2.24, 2.45) is 0 Å². The van der Waals surface area contributed by atoms with Gasteiger partial charge in [0.1, 0.15) is 10.9 Å². The summed E-state index contributed by atoms with van der Waals surface area (Å²) < 4.78 is 31.6. The van der Waals surface area contributed by atoms with E-state index < -0.39 is 10.0 Å². The van der Waals surface area contributed by atoms with Crippen LogP contribution in [0, 0.1) is 6.92 Å². The third-order valence-electron chi connectivity index (χ3n) is 2.42. The fourth-order valence-corrected chi connectivity index (χ4v) is 2.69. The van der Waals surface area contributed by atoms with Gasteiger partial charge < -0.3 is 4.74 Å². The molecule has 2 rings (SSSR count). The van der Waals surface area contributed by atoms with Crippen molar-refractivity contribution in [1.82, 2.24) is 9.97 Å². The fourth-order valence-electron chi connectivity index (χ4n) is 1.51. The number of benzene rings is 1. The molecule has 1 N–H and O–H groups in total. The maximum atomic E-state index is 12.1. The number of methoxy groups -OCH3 is 1. The van der Waals surface area contributed by atoms with Crippen LogP contribution in [0.5, 0.6) is 5.75 Å². The molecular weight excluding hydrogens is 302 g/mol. The second-order valence-corrected chi connectivity index (χ2v) is 6.01. The summed E-state index contributed by atoms with van der Waals surface area (Å²) in [6.07, 6.45) is 0. The minimum Gasteiger partial charge on any atom is -0.497 e. The van der Waals surface area contributed by atoms with Crippen molar-refractivity contribution in [3.63, 3.8) is 0 Å². The van der Waals surface area contributed by atoms with Gasteiger partial charge in [-0.1, -0.05) is 11.6 Å². The van der Waals surface area contributed by atoms with Crippen molar-refractivity contribution in [3.8, 4) is 5.75 Å². The van der Waals surface area contributed by atoms with E-state index in [4.69, 9.17) is 16.3 Å². The molecule has 1 aromatic carbocycles. The maximum Gasteiger partial charge on any atom is 0.264 e. The van der Waals surface area contributed by atoms with Crippen LogP contribution in [0.3, 0.4) is 0 Å². The van der Waals surface area contributed by atoms with Crippen molar-refractivity contribution >= 4 is 27.6 Å². The lowest BCUT2D eigenvalue weighted by Crippen LogP contribution is -2.15. The molecule has 0 amide bonds. The van der Waals surface area contributed by atoms with E-state index in [1.807, 2.05) is 0 Å². The van der Waals surface area contributed by atoms with E-state index in [0.717, 1.165) is 0 Å². The van der Waals surface area contributed by atoms with Gasteiger partial charge in [0, 0.05) is 5.69 Å². The van der Waals surface area contributed by atoms with Crippen molar-refractivity contribution in [1.29, 1.82) is 0 Å². The second kappa shape index (κ2) is 5.64. The Balaban J connectivity index is 2.30. The van der Waals surface area contributed by atoms with Crippen LogP contribution in [0.4, 0.5) is 5.95 Å². The Morgan fingerprint density at radius 3 is 2.40 bits per heavy atom. The molecule has 6 nitrogen and oxygen atoms in total. The Morgan fingerprint density at radius 2 is 1.85 bits per heavy atom. The van der Waals surface area contributed by atoms with Crippen LogP contribution in [0.25, 0.3) is 0 Å². The summed E-state index contributed by atoms with van der Waals surface area (Å²) in [7, 11) is -2.26. The van der Waals surface area contributed by atoms with Crippen molar-refractivity contribution in [3.05, 3.63) is 41.2 Å². The van der Waals surface area contributed by atoms with Crippen molar-refractivity contribution in [2.75, 3.05) is 11.8 Å². The van der Waals surface area contributed by atoms with Gasteiger partial charge in [0.25, 0.3) is 10.0 Å². The van der Waals surface area contributed by atoms with Crippen molar-refractivity contribution in [2.45, 2.75) is 11.8 Å². The summed E-state index contributed by atoms with van der Waals surface area (Å²) >= 11 is 5.76. The lowest BCUT2D eigenvalue weighted by Gasteiger charge is -2.08. The average Bonchev–Trinajstić information content (AvgIpc) is 2.37. The van der Waals surface area contributed by atoms with Gasteiger partial charge in [0.15, 0.2) is 0 Å². The summed E-state index contributed by atoms with van der Waals surface area (Å²) in [6.45, 7) is 1.69. The molecule has 0 aliphatic heterocycles. The molecule has 0 saturated carbocycles. The maximum absolute atomic E-state index is 12.1. The number of aryl methyl sites for hydroxylation is 1. The quantitative estimate of drug-likeness (QED) is 0.876. The van der Waals surface area contributed by atoms with Gasteiger partial charge >= 0.3 is 0 Å². The number of nitrogens with zero attached hydrogens (tertiary/aromatic N) is 2. The van der Waals surface area contributed by atoms with E-state index in [-0.39, 0.29) is 16.0 Å². The molecule has 20 heavy (non-hydrogen) atoms. The molecule has 1 heterocycles. The van der Waals surface area contributed by atoms with Crippen LogP contribution in [0.15, 0.2) is 35.2 Å². The van der Waals surface area contributed by atoms with E-state index in [0.29, 0.717) is 11.4 Å². The first-order chi connectivity index (χ1) is 9.40. The molecule has 8 heteroatoms. The highest BCUT2D eigenvalue weighted by molar-refractivity contribution is 7.92. The number of rotatable bonds is 4. The fraction of sp³-hybridized carbons (Fsp3) is 0.167. The number of sulfonamides is 1. The molecule has 2 aromatic rings. The molecule has 0 bridgehead atoms. The number of aromatic nitrogens is 2. The molecular formula is C12H12ClN3O3S. The van der Waals surface area contributed by atoms with Crippen LogP contribution in [0.2, 0.25) is 5.15 Å². The number of ether oxygens (including phenoxy) is 1. The molecule has 0 aliphatic rings. The standard InChI is InChI=1S/C12H12ClN3O3S/c1-8-7-11(13)15-12(14-8)16-20(17,18)10-5-3-9(19-2)4-6-10/h3-7H,1-2H3,(H,14,15,16). The zero-order chi connectivity index (χ0) is 14.8. The normalized spacial score (nSPS) is 11.2. The highest BCUT2D eigenvalue weighted by Gasteiger charge is 2.16. The largest absolute Gasteiger partial charge is 0.497 e. The smallest absolute Gasteiger partial charge is 0.264 e. The Bertz CT molecular complexity index is 697. The van der Waals surface area contributed by atoms with Gasteiger partial charge in [-0.15, -0.1) is 0 Å². The Kier molecular flexibility index (Phi) is 4.10. The summed E-state index contributed by atoms with van der Waals surface area (Å²) in [5.74, 6) is 0.504. The molecule has 0 radical (unpaired) electrons. The van der Waals surface area contributed by atoms with Crippen LogP contribution < -0.4 is 9.46 Å². The molecule has 106 valence electrons. The van der Waals surface area contributed by atoms with Gasteiger partial charge in [0.2, 0.25) is 5.95 Å². The lowest BCUT2D eigenvalue weighted by molar-refractivity contribution is 0.414. The zero-order valence-electron chi connectivity index (χ0n) is 10.8. The molecule has 1 aromatic heterocycles. The van der Waals surface area contributed by atoms with Gasteiger partial charge in [-0.05, 0) is 37.3 Å². The minimum atomic E-state index is -3.76. The van der Waals surface area contributed by atoms with E-state index in [9.17, 15) is 8.42 Å². The van der Waals surface area contributed by atoms with Gasteiger partial charge in [-0.2, -0.15) is 0 Å². The predicted molar refractivity (Wildman–Crippen MR) is 75.6 cm³/mol. The summed E-state index contributed by atoms with van der Waals surface area (Å²) in [5.41, 5.74) is 0.567. The molecule has 0 saturated heterocycles. The van der Waals surface area contributed by atoms with E-state index >= 15 is 0 Å². The first-order valence-corrected chi connectivity index (χ1v) is 7.45. The highest BCUT2D eigenvalue weighted by Crippen LogP contribution is 2.18. The molecule has 0 spiro atoms. The molecule has 0 unspecified atom stereocenters. The number of hydrogen-bond acceptors (Lipinski definition) is 5. The third kappa shape index (κ3) is 3.37.